The highest BCUT2D eigenvalue weighted by molar-refractivity contribution is 6.30. The molecule has 0 saturated carbocycles. The molecule has 1 aromatic rings. The van der Waals surface area contributed by atoms with E-state index in [-0.39, 0.29) is 12.4 Å². The first kappa shape index (κ1) is 20.3. The molecule has 0 unspecified atom stereocenters. The molecule has 0 radical (unpaired) electrons. The lowest BCUT2D eigenvalue weighted by Gasteiger charge is -2.20. The van der Waals surface area contributed by atoms with Crippen molar-refractivity contribution in [3.63, 3.8) is 0 Å². The number of alkyl halides is 6. The Hall–Kier alpha value is -0.730. The van der Waals surface area contributed by atoms with Gasteiger partial charge in [-0.1, -0.05) is 11.6 Å². The predicted molar refractivity (Wildman–Crippen MR) is 65.9 cm³/mol. The molecule has 1 aromatic carbocycles. The summed E-state index contributed by atoms with van der Waals surface area (Å²) in [6.07, 6.45) is -11.8. The van der Waals surface area contributed by atoms with Crippen LogP contribution in [-0.2, 0) is 6.18 Å². The van der Waals surface area contributed by atoms with Crippen LogP contribution in [0.15, 0.2) is 12.1 Å². The van der Waals surface area contributed by atoms with E-state index in [1.807, 2.05) is 0 Å². The van der Waals surface area contributed by atoms with Crippen molar-refractivity contribution >= 4 is 24.0 Å². The van der Waals surface area contributed by atoms with Crippen LogP contribution in [0.25, 0.3) is 0 Å². The van der Waals surface area contributed by atoms with Crippen molar-refractivity contribution in [2.24, 2.45) is 5.73 Å². The zero-order valence-corrected chi connectivity index (χ0v) is 11.7. The molecule has 0 aliphatic carbocycles. The standard InChI is InChI=1S/C11H9ClF7N.ClH/c12-6-2-1-5(11(17,18)19)8(9(6)13)7(20)3-4-10(14,15)16;/h1-2,7H,3-4,20H2;1H/t7-;/m0./s1. The topological polar surface area (TPSA) is 26.0 Å². The Labute approximate surface area is 126 Å². The van der Waals surface area contributed by atoms with Crippen LogP contribution in [0.4, 0.5) is 30.7 Å². The van der Waals surface area contributed by atoms with Gasteiger partial charge >= 0.3 is 12.4 Å². The van der Waals surface area contributed by atoms with Gasteiger partial charge in [0.05, 0.1) is 10.6 Å². The van der Waals surface area contributed by atoms with Gasteiger partial charge in [0.25, 0.3) is 0 Å². The normalized spacial score (nSPS) is 13.8. The van der Waals surface area contributed by atoms with Gasteiger partial charge in [-0.2, -0.15) is 26.3 Å². The molecule has 0 amide bonds. The first-order valence-corrected chi connectivity index (χ1v) is 5.68. The van der Waals surface area contributed by atoms with Crippen LogP contribution in [0, 0.1) is 5.82 Å². The summed E-state index contributed by atoms with van der Waals surface area (Å²) in [5.41, 5.74) is 2.80. The number of hydrogen-bond donors (Lipinski definition) is 1. The van der Waals surface area contributed by atoms with Crippen LogP contribution < -0.4 is 5.73 Å². The molecular formula is C11H10Cl2F7N. The van der Waals surface area contributed by atoms with Crippen molar-refractivity contribution in [3.05, 3.63) is 34.1 Å². The van der Waals surface area contributed by atoms with Gasteiger partial charge in [-0.3, -0.25) is 0 Å². The lowest BCUT2D eigenvalue weighted by molar-refractivity contribution is -0.139. The fraction of sp³-hybridized carbons (Fsp3) is 0.455. The first-order valence-electron chi connectivity index (χ1n) is 5.31. The zero-order valence-electron chi connectivity index (χ0n) is 10.2. The molecule has 10 heteroatoms. The van der Waals surface area contributed by atoms with Gasteiger partial charge in [-0.25, -0.2) is 4.39 Å². The van der Waals surface area contributed by atoms with Gasteiger partial charge in [0, 0.05) is 18.0 Å². The third kappa shape index (κ3) is 5.52. The summed E-state index contributed by atoms with van der Waals surface area (Å²) < 4.78 is 87.9. The van der Waals surface area contributed by atoms with E-state index in [0.717, 1.165) is 0 Å². The van der Waals surface area contributed by atoms with E-state index in [9.17, 15) is 30.7 Å². The Morgan fingerprint density at radius 2 is 1.62 bits per heavy atom. The lowest BCUT2D eigenvalue weighted by Crippen LogP contribution is -2.21. The van der Waals surface area contributed by atoms with Gasteiger partial charge in [0.15, 0.2) is 0 Å². The number of hydrogen-bond acceptors (Lipinski definition) is 1. The summed E-state index contributed by atoms with van der Waals surface area (Å²) in [7, 11) is 0. The van der Waals surface area contributed by atoms with E-state index in [1.165, 1.54) is 0 Å². The fourth-order valence-electron chi connectivity index (χ4n) is 1.64. The highest BCUT2D eigenvalue weighted by Crippen LogP contribution is 2.39. The first-order chi connectivity index (χ1) is 8.93. The number of benzene rings is 1. The van der Waals surface area contributed by atoms with Crippen LogP contribution in [0.3, 0.4) is 0 Å². The van der Waals surface area contributed by atoms with Crippen molar-refractivity contribution < 1.29 is 30.7 Å². The van der Waals surface area contributed by atoms with Gasteiger partial charge in [0.2, 0.25) is 0 Å². The summed E-state index contributed by atoms with van der Waals surface area (Å²) >= 11 is 5.35. The number of halogens is 9. The quantitative estimate of drug-likeness (QED) is 0.731. The molecule has 0 spiro atoms. The average molecular weight is 360 g/mol. The molecule has 2 N–H and O–H groups in total. The molecule has 122 valence electrons. The van der Waals surface area contributed by atoms with Crippen molar-refractivity contribution in [2.75, 3.05) is 0 Å². The Morgan fingerprint density at radius 1 is 1.10 bits per heavy atom. The highest BCUT2D eigenvalue weighted by Gasteiger charge is 2.38. The van der Waals surface area contributed by atoms with E-state index >= 15 is 0 Å². The second-order valence-corrected chi connectivity index (χ2v) is 4.49. The van der Waals surface area contributed by atoms with Crippen LogP contribution >= 0.6 is 24.0 Å². The summed E-state index contributed by atoms with van der Waals surface area (Å²) in [4.78, 5) is 0. The van der Waals surface area contributed by atoms with E-state index < -0.39 is 53.2 Å². The van der Waals surface area contributed by atoms with E-state index in [0.29, 0.717) is 12.1 Å². The largest absolute Gasteiger partial charge is 0.416 e. The molecule has 0 heterocycles. The van der Waals surface area contributed by atoms with Crippen LogP contribution in [0.5, 0.6) is 0 Å². The van der Waals surface area contributed by atoms with E-state index in [2.05, 4.69) is 0 Å². The summed E-state index contributed by atoms with van der Waals surface area (Å²) in [6, 6.07) is -0.583. The van der Waals surface area contributed by atoms with Gasteiger partial charge < -0.3 is 5.73 Å². The molecule has 1 nitrogen and oxygen atoms in total. The van der Waals surface area contributed by atoms with Gasteiger partial charge in [0.1, 0.15) is 5.82 Å². The Bertz CT molecular complexity index is 485. The summed E-state index contributed by atoms with van der Waals surface area (Å²) in [5, 5.41) is -0.629. The maximum atomic E-state index is 13.7. The fourth-order valence-corrected chi connectivity index (χ4v) is 1.80. The van der Waals surface area contributed by atoms with Crippen molar-refractivity contribution in [1.29, 1.82) is 0 Å². The minimum absolute atomic E-state index is 0. The van der Waals surface area contributed by atoms with Gasteiger partial charge in [-0.15, -0.1) is 12.4 Å². The van der Waals surface area contributed by atoms with Gasteiger partial charge in [-0.05, 0) is 18.6 Å². The maximum Gasteiger partial charge on any atom is 0.416 e. The SMILES string of the molecule is Cl.N[C@@H](CCC(F)(F)F)c1c(C(F)(F)F)ccc(Cl)c1F. The Morgan fingerprint density at radius 3 is 2.05 bits per heavy atom. The summed E-state index contributed by atoms with van der Waals surface area (Å²) in [6.45, 7) is 0. The number of rotatable bonds is 3. The van der Waals surface area contributed by atoms with Crippen molar-refractivity contribution in [1.82, 2.24) is 0 Å². The van der Waals surface area contributed by atoms with Crippen molar-refractivity contribution in [3.8, 4) is 0 Å². The van der Waals surface area contributed by atoms with Crippen LogP contribution in [-0.4, -0.2) is 6.18 Å². The van der Waals surface area contributed by atoms with Crippen LogP contribution in [0.2, 0.25) is 5.02 Å². The molecule has 0 saturated heterocycles. The molecule has 0 fully saturated rings. The Kier molecular flexibility index (Phi) is 6.78. The monoisotopic (exact) mass is 359 g/mol. The second kappa shape index (κ2) is 7.02. The zero-order chi connectivity index (χ0) is 15.7. The number of nitrogens with two attached hydrogens (primary N) is 1. The molecule has 0 aromatic heterocycles. The third-order valence-electron chi connectivity index (χ3n) is 2.55. The summed E-state index contributed by atoms with van der Waals surface area (Å²) in [5.74, 6) is -1.45. The smallest absolute Gasteiger partial charge is 0.324 e. The molecule has 1 atom stereocenters. The molecular weight excluding hydrogens is 350 g/mol. The predicted octanol–water partition coefficient (Wildman–Crippen LogP) is 5.26. The molecule has 0 bridgehead atoms. The molecule has 0 aliphatic rings. The van der Waals surface area contributed by atoms with Crippen LogP contribution in [0.1, 0.15) is 30.0 Å². The second-order valence-electron chi connectivity index (χ2n) is 4.08. The third-order valence-corrected chi connectivity index (χ3v) is 2.84. The lowest BCUT2D eigenvalue weighted by atomic mass is 9.96. The van der Waals surface area contributed by atoms with Crippen molar-refractivity contribution in [2.45, 2.75) is 31.2 Å². The molecule has 21 heavy (non-hydrogen) atoms. The highest BCUT2D eigenvalue weighted by atomic mass is 35.5. The van der Waals surface area contributed by atoms with E-state index in [1.54, 1.807) is 0 Å². The minimum Gasteiger partial charge on any atom is -0.324 e. The minimum atomic E-state index is -4.93. The maximum absolute atomic E-state index is 13.7. The van der Waals surface area contributed by atoms with E-state index in [4.69, 9.17) is 17.3 Å². The average Bonchev–Trinajstić information content (AvgIpc) is 2.27. The molecule has 1 rings (SSSR count). The Balaban J connectivity index is 0.00000400. The molecule has 0 aliphatic heterocycles.